The minimum atomic E-state index is -0.143. The lowest BCUT2D eigenvalue weighted by Crippen LogP contribution is -2.48. The zero-order chi connectivity index (χ0) is 22.4. The van der Waals surface area contributed by atoms with Crippen molar-refractivity contribution in [1.29, 1.82) is 0 Å². The van der Waals surface area contributed by atoms with E-state index in [9.17, 15) is 4.79 Å². The molecule has 1 saturated heterocycles. The summed E-state index contributed by atoms with van der Waals surface area (Å²) >= 11 is 0. The molecular formula is C26H37N3O2. The number of para-hydroxylation sites is 1. The largest absolute Gasteiger partial charge is 0.497 e. The highest BCUT2D eigenvalue weighted by Crippen LogP contribution is 2.35. The number of ether oxygens (including phenoxy) is 1. The Labute approximate surface area is 187 Å². The van der Waals surface area contributed by atoms with Crippen LogP contribution in [-0.2, 0) is 5.41 Å². The maximum Gasteiger partial charge on any atom is 0.319 e. The fourth-order valence-electron chi connectivity index (χ4n) is 4.53. The van der Waals surface area contributed by atoms with Crippen LogP contribution in [0.2, 0.25) is 0 Å². The third-order valence-electron chi connectivity index (χ3n) is 6.44. The van der Waals surface area contributed by atoms with Crippen molar-refractivity contribution < 1.29 is 9.53 Å². The first-order valence-electron chi connectivity index (χ1n) is 11.4. The molecule has 2 aromatic rings. The number of carbonyl (C=O) groups is 1. The van der Waals surface area contributed by atoms with Crippen molar-refractivity contribution in [2.45, 2.75) is 57.8 Å². The van der Waals surface area contributed by atoms with Gasteiger partial charge in [0.2, 0.25) is 0 Å². The van der Waals surface area contributed by atoms with Gasteiger partial charge >= 0.3 is 6.03 Å². The average Bonchev–Trinajstić information content (AvgIpc) is 2.78. The highest BCUT2D eigenvalue weighted by Gasteiger charge is 2.34. The van der Waals surface area contributed by atoms with Crippen LogP contribution in [0.5, 0.6) is 5.75 Å². The standard InChI is InChI=1S/C26H37N3O2/c1-18(2)22-10-7-11-23(19(3)4)24(22)29-25(30)28-17-26(12-14-27-15-13-26)20-8-6-9-21(16-20)31-5/h6-11,16,18-19,27H,12-15,17H2,1-5H3,(H2,28,29,30). The molecule has 0 aliphatic carbocycles. The lowest BCUT2D eigenvalue weighted by Gasteiger charge is -2.38. The number of urea groups is 1. The summed E-state index contributed by atoms with van der Waals surface area (Å²) in [5.41, 5.74) is 4.41. The van der Waals surface area contributed by atoms with Crippen molar-refractivity contribution in [2.24, 2.45) is 0 Å². The number of amides is 2. The van der Waals surface area contributed by atoms with Crippen LogP contribution in [0, 0.1) is 0 Å². The van der Waals surface area contributed by atoms with Gasteiger partial charge < -0.3 is 20.7 Å². The highest BCUT2D eigenvalue weighted by molar-refractivity contribution is 5.91. The predicted octanol–water partition coefficient (Wildman–Crippen LogP) is 5.38. The van der Waals surface area contributed by atoms with Crippen molar-refractivity contribution in [3.05, 3.63) is 59.2 Å². The number of hydrogen-bond acceptors (Lipinski definition) is 3. The van der Waals surface area contributed by atoms with Crippen LogP contribution in [0.4, 0.5) is 10.5 Å². The van der Waals surface area contributed by atoms with Gasteiger partial charge in [0, 0.05) is 17.6 Å². The quantitative estimate of drug-likeness (QED) is 0.560. The lowest BCUT2D eigenvalue weighted by molar-refractivity contribution is 0.242. The molecule has 0 aromatic heterocycles. The summed E-state index contributed by atoms with van der Waals surface area (Å²) in [6.07, 6.45) is 1.94. The van der Waals surface area contributed by atoms with E-state index in [4.69, 9.17) is 4.74 Å². The van der Waals surface area contributed by atoms with Crippen molar-refractivity contribution in [2.75, 3.05) is 32.1 Å². The second kappa shape index (κ2) is 10.2. The van der Waals surface area contributed by atoms with E-state index in [1.165, 1.54) is 16.7 Å². The van der Waals surface area contributed by atoms with Crippen LogP contribution in [0.25, 0.3) is 0 Å². The van der Waals surface area contributed by atoms with Gasteiger partial charge in [-0.25, -0.2) is 4.79 Å². The third kappa shape index (κ3) is 5.40. The Bertz CT molecular complexity index is 860. The molecule has 0 unspecified atom stereocenters. The Kier molecular flexibility index (Phi) is 7.60. The van der Waals surface area contributed by atoms with Crippen LogP contribution in [-0.4, -0.2) is 32.8 Å². The van der Waals surface area contributed by atoms with Crippen molar-refractivity contribution in [1.82, 2.24) is 10.6 Å². The van der Waals surface area contributed by atoms with Crippen LogP contribution < -0.4 is 20.7 Å². The van der Waals surface area contributed by atoms with Gasteiger partial charge in [0.05, 0.1) is 7.11 Å². The lowest BCUT2D eigenvalue weighted by atomic mass is 9.73. The molecule has 0 bridgehead atoms. The first-order chi connectivity index (χ1) is 14.9. The summed E-state index contributed by atoms with van der Waals surface area (Å²) < 4.78 is 5.45. The number of piperidine rings is 1. The maximum absolute atomic E-state index is 13.0. The number of hydrogen-bond donors (Lipinski definition) is 3. The Morgan fingerprint density at radius 3 is 2.23 bits per heavy atom. The minimum Gasteiger partial charge on any atom is -0.497 e. The van der Waals surface area contributed by atoms with Gasteiger partial charge in [-0.3, -0.25) is 0 Å². The SMILES string of the molecule is COc1cccc(C2(CNC(=O)Nc3c(C(C)C)cccc3C(C)C)CCNCC2)c1. The number of carbonyl (C=O) groups excluding carboxylic acids is 1. The van der Waals surface area contributed by atoms with E-state index < -0.39 is 0 Å². The van der Waals surface area contributed by atoms with Gasteiger partial charge in [-0.15, -0.1) is 0 Å². The summed E-state index contributed by atoms with van der Waals surface area (Å²) in [7, 11) is 1.69. The molecule has 1 aliphatic heterocycles. The zero-order valence-electron chi connectivity index (χ0n) is 19.5. The van der Waals surface area contributed by atoms with Crippen LogP contribution in [0.1, 0.15) is 69.1 Å². The van der Waals surface area contributed by atoms with Gasteiger partial charge in [-0.05, 0) is 66.6 Å². The molecule has 5 heteroatoms. The van der Waals surface area contributed by atoms with E-state index >= 15 is 0 Å². The predicted molar refractivity (Wildman–Crippen MR) is 128 cm³/mol. The van der Waals surface area contributed by atoms with E-state index in [0.29, 0.717) is 18.4 Å². The minimum absolute atomic E-state index is 0.102. The van der Waals surface area contributed by atoms with E-state index in [1.807, 2.05) is 12.1 Å². The normalized spacial score (nSPS) is 15.7. The summed E-state index contributed by atoms with van der Waals surface area (Å²) in [4.78, 5) is 13.0. The molecule has 0 spiro atoms. The van der Waals surface area contributed by atoms with E-state index in [-0.39, 0.29) is 11.4 Å². The summed E-state index contributed by atoms with van der Waals surface area (Å²) in [6.45, 7) is 11.1. The molecule has 0 radical (unpaired) electrons. The monoisotopic (exact) mass is 423 g/mol. The number of rotatable bonds is 7. The van der Waals surface area contributed by atoms with Crippen LogP contribution in [0.3, 0.4) is 0 Å². The molecule has 168 valence electrons. The summed E-state index contributed by atoms with van der Waals surface area (Å²) in [6, 6.07) is 14.4. The first-order valence-corrected chi connectivity index (χ1v) is 11.4. The Balaban J connectivity index is 1.80. The Morgan fingerprint density at radius 1 is 1.03 bits per heavy atom. The van der Waals surface area contributed by atoms with Crippen molar-refractivity contribution in [3.8, 4) is 5.75 Å². The zero-order valence-corrected chi connectivity index (χ0v) is 19.5. The molecule has 2 aromatic carbocycles. The number of methoxy groups -OCH3 is 1. The van der Waals surface area contributed by atoms with Crippen LogP contribution in [0.15, 0.2) is 42.5 Å². The fraction of sp³-hybridized carbons (Fsp3) is 0.500. The molecular weight excluding hydrogens is 386 g/mol. The number of nitrogens with one attached hydrogen (secondary N) is 3. The van der Waals surface area contributed by atoms with Gasteiger partial charge in [0.15, 0.2) is 0 Å². The highest BCUT2D eigenvalue weighted by atomic mass is 16.5. The van der Waals surface area contributed by atoms with E-state index in [0.717, 1.165) is 37.4 Å². The third-order valence-corrected chi connectivity index (χ3v) is 6.44. The molecule has 0 atom stereocenters. The van der Waals surface area contributed by atoms with Crippen LogP contribution >= 0.6 is 0 Å². The summed E-state index contributed by atoms with van der Waals surface area (Å²) in [5.74, 6) is 1.52. The van der Waals surface area contributed by atoms with E-state index in [2.05, 4.69) is 74.0 Å². The van der Waals surface area contributed by atoms with Crippen molar-refractivity contribution >= 4 is 11.7 Å². The van der Waals surface area contributed by atoms with Gasteiger partial charge in [-0.1, -0.05) is 58.0 Å². The van der Waals surface area contributed by atoms with Gasteiger partial charge in [0.1, 0.15) is 5.75 Å². The van der Waals surface area contributed by atoms with Gasteiger partial charge in [0.25, 0.3) is 0 Å². The topological polar surface area (TPSA) is 62.4 Å². The van der Waals surface area contributed by atoms with Gasteiger partial charge in [-0.2, -0.15) is 0 Å². The summed E-state index contributed by atoms with van der Waals surface area (Å²) in [5, 5.41) is 9.82. The Hall–Kier alpha value is -2.53. The van der Waals surface area contributed by atoms with E-state index in [1.54, 1.807) is 7.11 Å². The second-order valence-corrected chi connectivity index (χ2v) is 9.19. The molecule has 3 N–H and O–H groups in total. The molecule has 1 aliphatic rings. The smallest absolute Gasteiger partial charge is 0.319 e. The Morgan fingerprint density at radius 2 is 1.65 bits per heavy atom. The molecule has 2 amide bonds. The number of benzene rings is 2. The molecule has 0 saturated carbocycles. The molecule has 5 nitrogen and oxygen atoms in total. The maximum atomic E-state index is 13.0. The molecule has 1 heterocycles. The molecule has 1 fully saturated rings. The first kappa shape index (κ1) is 23.1. The molecule has 3 rings (SSSR count). The number of anilines is 1. The molecule has 31 heavy (non-hydrogen) atoms. The second-order valence-electron chi connectivity index (χ2n) is 9.19. The average molecular weight is 424 g/mol. The fourth-order valence-corrected chi connectivity index (χ4v) is 4.53. The van der Waals surface area contributed by atoms with Crippen molar-refractivity contribution in [3.63, 3.8) is 0 Å².